The summed E-state index contributed by atoms with van der Waals surface area (Å²) < 4.78 is 18.5. The number of carbonyl (C=O) groups excluding carboxylic acids is 1. The molecule has 0 saturated heterocycles. The van der Waals surface area contributed by atoms with Gasteiger partial charge in [-0.3, -0.25) is 9.48 Å². The van der Waals surface area contributed by atoms with Crippen molar-refractivity contribution in [1.29, 1.82) is 0 Å². The summed E-state index contributed by atoms with van der Waals surface area (Å²) in [6.45, 7) is 5.59. The van der Waals surface area contributed by atoms with Crippen molar-refractivity contribution in [2.75, 3.05) is 13.2 Å². The van der Waals surface area contributed by atoms with Gasteiger partial charge in [0.1, 0.15) is 12.4 Å². The monoisotopic (exact) mass is 485 g/mol. The molecule has 7 nitrogen and oxygen atoms in total. The van der Waals surface area contributed by atoms with Crippen LogP contribution >= 0.6 is 0 Å². The van der Waals surface area contributed by atoms with E-state index in [2.05, 4.69) is 5.10 Å². The molecule has 0 aliphatic heterocycles. The molecular formula is C29H31N3O4. The van der Waals surface area contributed by atoms with Crippen molar-refractivity contribution >= 4 is 5.97 Å². The maximum atomic E-state index is 11.7. The van der Waals surface area contributed by atoms with E-state index in [9.17, 15) is 4.79 Å². The zero-order chi connectivity index (χ0) is 25.2. The van der Waals surface area contributed by atoms with Crippen molar-refractivity contribution in [2.45, 2.75) is 39.8 Å². The minimum Gasteiger partial charge on any atom is -0.487 e. The molecule has 2 heterocycles. The van der Waals surface area contributed by atoms with Gasteiger partial charge in [0.2, 0.25) is 5.88 Å². The van der Waals surface area contributed by atoms with Gasteiger partial charge in [0.15, 0.2) is 0 Å². The minimum atomic E-state index is -0.217. The fourth-order valence-electron chi connectivity index (χ4n) is 3.79. The van der Waals surface area contributed by atoms with Crippen LogP contribution in [0.2, 0.25) is 0 Å². The summed E-state index contributed by atoms with van der Waals surface area (Å²) in [7, 11) is 0. The second-order valence-electron chi connectivity index (χ2n) is 8.21. The van der Waals surface area contributed by atoms with Gasteiger partial charge < -0.3 is 14.2 Å². The Bertz CT molecular complexity index is 1250. The van der Waals surface area contributed by atoms with Crippen molar-refractivity contribution in [3.8, 4) is 22.9 Å². The summed E-state index contributed by atoms with van der Waals surface area (Å²) in [6, 6.07) is 24.0. The van der Waals surface area contributed by atoms with E-state index >= 15 is 0 Å². The van der Waals surface area contributed by atoms with E-state index in [1.54, 1.807) is 6.92 Å². The normalized spacial score (nSPS) is 10.7. The average Bonchev–Trinajstić information content (AvgIpc) is 3.29. The fourth-order valence-corrected chi connectivity index (χ4v) is 3.79. The van der Waals surface area contributed by atoms with E-state index < -0.39 is 0 Å². The highest BCUT2D eigenvalue weighted by Gasteiger charge is 2.13. The Balaban J connectivity index is 1.35. The molecule has 2 aromatic carbocycles. The number of ether oxygens (including phenoxy) is 3. The van der Waals surface area contributed by atoms with Gasteiger partial charge in [0, 0.05) is 23.7 Å². The van der Waals surface area contributed by atoms with Crippen LogP contribution in [-0.4, -0.2) is 33.9 Å². The predicted octanol–water partition coefficient (Wildman–Crippen LogP) is 5.47. The van der Waals surface area contributed by atoms with Crippen LogP contribution < -0.4 is 9.47 Å². The highest BCUT2D eigenvalue weighted by atomic mass is 16.5. The van der Waals surface area contributed by atoms with Crippen LogP contribution in [0.1, 0.15) is 37.1 Å². The van der Waals surface area contributed by atoms with Crippen molar-refractivity contribution in [1.82, 2.24) is 14.8 Å². The Morgan fingerprint density at radius 1 is 0.889 bits per heavy atom. The SMILES string of the molecule is CCOC(=O)CCc1cn(Cc2ccc(OCc3cccc(-c4ccccc4)n3)cc2)nc1OCC. The third-order valence-corrected chi connectivity index (χ3v) is 5.51. The first kappa shape index (κ1) is 25.0. The smallest absolute Gasteiger partial charge is 0.306 e. The van der Waals surface area contributed by atoms with Gasteiger partial charge in [-0.1, -0.05) is 48.5 Å². The maximum Gasteiger partial charge on any atom is 0.306 e. The molecule has 4 rings (SSSR count). The lowest BCUT2D eigenvalue weighted by Gasteiger charge is -2.09. The maximum absolute atomic E-state index is 11.7. The van der Waals surface area contributed by atoms with Crippen molar-refractivity contribution in [3.05, 3.63) is 95.8 Å². The number of pyridine rings is 1. The van der Waals surface area contributed by atoms with Crippen LogP contribution in [0.3, 0.4) is 0 Å². The second kappa shape index (κ2) is 12.5. The topological polar surface area (TPSA) is 75.5 Å². The first-order valence-electron chi connectivity index (χ1n) is 12.2. The molecule has 186 valence electrons. The number of aromatic nitrogens is 3. The van der Waals surface area contributed by atoms with E-state index in [1.807, 2.05) is 90.6 Å². The second-order valence-corrected chi connectivity index (χ2v) is 8.21. The molecule has 36 heavy (non-hydrogen) atoms. The van der Waals surface area contributed by atoms with Gasteiger partial charge in [-0.2, -0.15) is 0 Å². The Labute approximate surface area is 211 Å². The Morgan fingerprint density at radius 3 is 2.44 bits per heavy atom. The average molecular weight is 486 g/mol. The third-order valence-electron chi connectivity index (χ3n) is 5.51. The van der Waals surface area contributed by atoms with E-state index in [4.69, 9.17) is 19.2 Å². The lowest BCUT2D eigenvalue weighted by molar-refractivity contribution is -0.143. The quantitative estimate of drug-likeness (QED) is 0.248. The molecule has 0 atom stereocenters. The van der Waals surface area contributed by atoms with Crippen molar-refractivity contribution in [3.63, 3.8) is 0 Å². The number of hydrogen-bond acceptors (Lipinski definition) is 6. The van der Waals surface area contributed by atoms with Gasteiger partial charge in [0.25, 0.3) is 0 Å². The summed E-state index contributed by atoms with van der Waals surface area (Å²) in [4.78, 5) is 16.5. The third kappa shape index (κ3) is 6.95. The number of benzene rings is 2. The molecule has 0 N–H and O–H groups in total. The molecular weight excluding hydrogens is 454 g/mol. The first-order valence-corrected chi connectivity index (χ1v) is 12.2. The van der Waals surface area contributed by atoms with E-state index in [-0.39, 0.29) is 5.97 Å². The summed E-state index contributed by atoms with van der Waals surface area (Å²) in [5, 5.41) is 4.55. The van der Waals surface area contributed by atoms with E-state index in [0.29, 0.717) is 45.1 Å². The Morgan fingerprint density at radius 2 is 1.69 bits per heavy atom. The molecule has 0 spiro atoms. The number of hydrogen-bond donors (Lipinski definition) is 0. The number of carbonyl (C=O) groups is 1. The predicted molar refractivity (Wildman–Crippen MR) is 138 cm³/mol. The van der Waals surface area contributed by atoms with Gasteiger partial charge >= 0.3 is 5.97 Å². The van der Waals surface area contributed by atoms with Crippen LogP contribution in [-0.2, 0) is 29.1 Å². The molecule has 0 saturated carbocycles. The van der Waals surface area contributed by atoms with E-state index in [1.165, 1.54) is 0 Å². The van der Waals surface area contributed by atoms with Crippen molar-refractivity contribution < 1.29 is 19.0 Å². The highest BCUT2D eigenvalue weighted by molar-refractivity contribution is 5.69. The van der Waals surface area contributed by atoms with E-state index in [0.717, 1.165) is 33.8 Å². The summed E-state index contributed by atoms with van der Waals surface area (Å²) in [6.07, 6.45) is 2.76. The van der Waals surface area contributed by atoms with Crippen LogP contribution in [0.25, 0.3) is 11.3 Å². The molecule has 0 fully saturated rings. The molecule has 0 unspecified atom stereocenters. The summed E-state index contributed by atoms with van der Waals surface area (Å²) >= 11 is 0. The number of aryl methyl sites for hydroxylation is 1. The van der Waals surface area contributed by atoms with Gasteiger partial charge in [-0.25, -0.2) is 4.98 Å². The van der Waals surface area contributed by atoms with Crippen LogP contribution in [0.15, 0.2) is 79.0 Å². The molecule has 0 aliphatic carbocycles. The lowest BCUT2D eigenvalue weighted by Crippen LogP contribution is -2.05. The minimum absolute atomic E-state index is 0.217. The van der Waals surface area contributed by atoms with Crippen LogP contribution in [0.4, 0.5) is 0 Å². The number of esters is 1. The molecule has 0 radical (unpaired) electrons. The largest absolute Gasteiger partial charge is 0.487 e. The van der Waals surface area contributed by atoms with Crippen LogP contribution in [0, 0.1) is 0 Å². The summed E-state index contributed by atoms with van der Waals surface area (Å²) in [5.41, 5.74) is 4.86. The molecule has 0 amide bonds. The standard InChI is InChI=1S/C29H31N3O4/c1-3-34-28(33)18-15-24-20-32(31-29(24)35-4-2)19-22-13-16-26(17-14-22)36-21-25-11-8-12-27(30-25)23-9-6-5-7-10-23/h5-14,16-17,20H,3-4,15,18-19,21H2,1-2H3. The zero-order valence-electron chi connectivity index (χ0n) is 20.7. The number of nitrogens with zero attached hydrogens (tertiary/aromatic N) is 3. The number of rotatable bonds is 12. The molecule has 4 aromatic rings. The van der Waals surface area contributed by atoms with Crippen LogP contribution in [0.5, 0.6) is 11.6 Å². The summed E-state index contributed by atoms with van der Waals surface area (Å²) in [5.74, 6) is 1.12. The molecule has 0 aliphatic rings. The fraction of sp³-hybridized carbons (Fsp3) is 0.276. The highest BCUT2D eigenvalue weighted by Crippen LogP contribution is 2.21. The van der Waals surface area contributed by atoms with Gasteiger partial charge in [0.05, 0.1) is 31.1 Å². The Hall–Kier alpha value is -4.13. The molecule has 2 aromatic heterocycles. The first-order chi connectivity index (χ1) is 17.6. The molecule has 0 bridgehead atoms. The lowest BCUT2D eigenvalue weighted by atomic mass is 10.1. The Kier molecular flexibility index (Phi) is 8.70. The van der Waals surface area contributed by atoms with Gasteiger partial charge in [-0.05, 0) is 50.1 Å². The molecule has 7 heteroatoms. The van der Waals surface area contributed by atoms with Crippen molar-refractivity contribution in [2.24, 2.45) is 0 Å². The zero-order valence-corrected chi connectivity index (χ0v) is 20.7. The van der Waals surface area contributed by atoms with Gasteiger partial charge in [-0.15, -0.1) is 5.10 Å².